The van der Waals surface area contributed by atoms with Gasteiger partial charge in [-0.05, 0) is 12.1 Å². The van der Waals surface area contributed by atoms with Crippen molar-refractivity contribution >= 4 is 22.7 Å². The number of likely N-dealkylation sites (tertiary alicyclic amines) is 1. The van der Waals surface area contributed by atoms with Crippen LogP contribution in [0.4, 0.5) is 4.79 Å². The number of benzene rings is 1. The summed E-state index contributed by atoms with van der Waals surface area (Å²) in [6.07, 6.45) is 0. The van der Waals surface area contributed by atoms with Gasteiger partial charge in [-0.3, -0.25) is 19.5 Å². The number of nitrogens with one attached hydrogen (secondary N) is 2. The van der Waals surface area contributed by atoms with Crippen molar-refractivity contribution in [3.05, 3.63) is 45.0 Å². The zero-order valence-electron chi connectivity index (χ0n) is 12.1. The molecule has 0 saturated carbocycles. The number of primary amides is 1. The van der Waals surface area contributed by atoms with Gasteiger partial charge in [0.15, 0.2) is 0 Å². The summed E-state index contributed by atoms with van der Waals surface area (Å²) in [5.41, 5.74) is 4.22. The van der Waals surface area contributed by atoms with E-state index in [-0.39, 0.29) is 23.4 Å². The molecule has 0 radical (unpaired) electrons. The van der Waals surface area contributed by atoms with Gasteiger partial charge in [0.05, 0.1) is 16.8 Å². The molecule has 23 heavy (non-hydrogen) atoms. The van der Waals surface area contributed by atoms with Gasteiger partial charge in [-0.25, -0.2) is 9.48 Å². The highest BCUT2D eigenvalue weighted by Gasteiger charge is 2.30. The molecule has 0 unspecified atom stereocenters. The van der Waals surface area contributed by atoms with E-state index in [1.54, 1.807) is 18.2 Å². The molecular weight excluding hydrogens is 302 g/mol. The van der Waals surface area contributed by atoms with Crippen molar-refractivity contribution < 1.29 is 9.59 Å². The van der Waals surface area contributed by atoms with Crippen LogP contribution < -0.4 is 22.2 Å². The first kappa shape index (κ1) is 14.8. The van der Waals surface area contributed by atoms with Crippen LogP contribution in [0.1, 0.15) is 0 Å². The van der Waals surface area contributed by atoms with Gasteiger partial charge in [0.25, 0.3) is 11.1 Å². The van der Waals surface area contributed by atoms with E-state index in [1.807, 2.05) is 0 Å². The molecule has 3 rings (SSSR count). The molecule has 0 spiro atoms. The number of amides is 3. The Balaban J connectivity index is 1.73. The number of H-pyrrole nitrogens is 1. The fourth-order valence-corrected chi connectivity index (χ4v) is 2.52. The maximum absolute atomic E-state index is 12.3. The largest absolute Gasteiger partial charge is 0.351 e. The van der Waals surface area contributed by atoms with Crippen molar-refractivity contribution in [2.24, 2.45) is 5.73 Å². The lowest BCUT2D eigenvalue weighted by Gasteiger charge is -2.38. The maximum atomic E-state index is 12.3. The third kappa shape index (κ3) is 2.80. The fraction of sp³-hybridized carbons (Fsp3) is 0.286. The molecule has 9 heteroatoms. The molecule has 2 heterocycles. The average molecular weight is 317 g/mol. The van der Waals surface area contributed by atoms with E-state index in [0.717, 1.165) is 4.68 Å². The summed E-state index contributed by atoms with van der Waals surface area (Å²) in [6.45, 7) is 0.375. The predicted molar refractivity (Wildman–Crippen MR) is 81.9 cm³/mol. The summed E-state index contributed by atoms with van der Waals surface area (Å²) in [5, 5.41) is 5.60. The summed E-state index contributed by atoms with van der Waals surface area (Å²) in [6, 6.07) is 5.67. The molecule has 1 aliphatic heterocycles. The number of rotatable bonds is 3. The Morgan fingerprint density at radius 2 is 1.87 bits per heavy atom. The van der Waals surface area contributed by atoms with E-state index >= 15 is 0 Å². The number of fused-ring (bicyclic) bond motifs is 1. The van der Waals surface area contributed by atoms with Crippen molar-refractivity contribution in [1.29, 1.82) is 0 Å². The molecule has 1 aromatic heterocycles. The van der Waals surface area contributed by atoms with Crippen LogP contribution in [0.3, 0.4) is 0 Å². The maximum Gasteiger partial charge on any atom is 0.314 e. The average Bonchev–Trinajstić information content (AvgIpc) is 2.47. The number of aromatic nitrogens is 2. The molecule has 120 valence electrons. The summed E-state index contributed by atoms with van der Waals surface area (Å²) < 4.78 is 0.977. The number of aromatic amines is 1. The van der Waals surface area contributed by atoms with Crippen LogP contribution in [-0.2, 0) is 11.3 Å². The summed E-state index contributed by atoms with van der Waals surface area (Å²) in [5.74, 6) is -0.424. The molecule has 4 N–H and O–H groups in total. The molecular formula is C14H15N5O4. The molecule has 1 saturated heterocycles. The highest BCUT2D eigenvalue weighted by molar-refractivity contribution is 5.81. The molecule has 1 aliphatic rings. The Morgan fingerprint density at radius 1 is 1.22 bits per heavy atom. The second kappa shape index (κ2) is 5.59. The Bertz CT molecular complexity index is 894. The van der Waals surface area contributed by atoms with E-state index in [1.165, 1.54) is 11.0 Å². The first-order valence-electron chi connectivity index (χ1n) is 7.01. The van der Waals surface area contributed by atoms with Crippen molar-refractivity contribution in [2.75, 3.05) is 13.1 Å². The Labute approximate surface area is 129 Å². The summed E-state index contributed by atoms with van der Waals surface area (Å²) >= 11 is 0. The van der Waals surface area contributed by atoms with Gasteiger partial charge in [0, 0.05) is 13.1 Å². The van der Waals surface area contributed by atoms with Crippen molar-refractivity contribution in [2.45, 2.75) is 12.6 Å². The van der Waals surface area contributed by atoms with E-state index in [0.29, 0.717) is 13.1 Å². The number of carbonyl (C=O) groups excluding carboxylic acids is 2. The first-order chi connectivity index (χ1) is 11.0. The number of nitrogens with zero attached hydrogens (tertiary/aromatic N) is 2. The Morgan fingerprint density at radius 3 is 2.52 bits per heavy atom. The van der Waals surface area contributed by atoms with Crippen LogP contribution >= 0.6 is 0 Å². The Kier molecular flexibility index (Phi) is 3.61. The van der Waals surface area contributed by atoms with Gasteiger partial charge in [-0.2, -0.15) is 0 Å². The van der Waals surface area contributed by atoms with Crippen LogP contribution in [0.25, 0.3) is 10.8 Å². The predicted octanol–water partition coefficient (Wildman–Crippen LogP) is -1.43. The molecule has 9 nitrogen and oxygen atoms in total. The van der Waals surface area contributed by atoms with Gasteiger partial charge in [-0.15, -0.1) is 0 Å². The van der Waals surface area contributed by atoms with Gasteiger partial charge < -0.3 is 16.0 Å². The lowest BCUT2D eigenvalue weighted by atomic mass is 10.1. The third-order valence-corrected chi connectivity index (χ3v) is 3.74. The zero-order chi connectivity index (χ0) is 16.6. The van der Waals surface area contributed by atoms with Crippen molar-refractivity contribution in [3.8, 4) is 0 Å². The van der Waals surface area contributed by atoms with E-state index in [9.17, 15) is 19.2 Å². The van der Waals surface area contributed by atoms with Crippen LogP contribution in [0.2, 0.25) is 0 Å². The molecule has 0 bridgehead atoms. The smallest absolute Gasteiger partial charge is 0.314 e. The van der Waals surface area contributed by atoms with E-state index in [4.69, 9.17) is 5.73 Å². The normalized spacial score (nSPS) is 14.5. The fourth-order valence-electron chi connectivity index (χ4n) is 2.52. The first-order valence-corrected chi connectivity index (χ1v) is 7.01. The van der Waals surface area contributed by atoms with Crippen LogP contribution in [0, 0.1) is 0 Å². The summed E-state index contributed by atoms with van der Waals surface area (Å²) in [7, 11) is 0. The van der Waals surface area contributed by atoms with Crippen LogP contribution in [-0.4, -0.2) is 45.8 Å². The monoisotopic (exact) mass is 317 g/mol. The van der Waals surface area contributed by atoms with Gasteiger partial charge in [0.1, 0.15) is 6.54 Å². The molecule has 0 aliphatic carbocycles. The number of carbonyl (C=O) groups is 2. The second-order valence-electron chi connectivity index (χ2n) is 5.39. The Hall–Kier alpha value is -3.10. The topological polar surface area (TPSA) is 130 Å². The highest BCUT2D eigenvalue weighted by atomic mass is 16.2. The lowest BCUT2D eigenvalue weighted by Crippen LogP contribution is -2.62. The second-order valence-corrected chi connectivity index (χ2v) is 5.39. The zero-order valence-corrected chi connectivity index (χ0v) is 12.1. The van der Waals surface area contributed by atoms with Crippen molar-refractivity contribution in [3.63, 3.8) is 0 Å². The SMILES string of the molecule is NC(=O)N1CC(NC(=O)Cn2[nH]c(=O)c3ccccc3c2=O)C1. The van der Waals surface area contributed by atoms with Crippen LogP contribution in [0.15, 0.2) is 33.9 Å². The standard InChI is InChI=1S/C14H15N5O4/c15-14(23)18-5-8(6-18)16-11(20)7-19-13(22)10-4-2-1-3-9(10)12(21)17-19/h1-4,8H,5-7H2,(H2,15,23)(H,16,20)(H,17,21). The number of hydrogen-bond acceptors (Lipinski definition) is 4. The molecule has 3 amide bonds. The number of hydrogen-bond donors (Lipinski definition) is 3. The number of nitrogens with two attached hydrogens (primary N) is 1. The molecule has 1 aromatic carbocycles. The van der Waals surface area contributed by atoms with Crippen molar-refractivity contribution in [1.82, 2.24) is 20.0 Å². The minimum atomic E-state index is -0.537. The summed E-state index contributed by atoms with van der Waals surface area (Å²) in [4.78, 5) is 48.4. The third-order valence-electron chi connectivity index (χ3n) is 3.74. The molecule has 1 fully saturated rings. The number of urea groups is 1. The van der Waals surface area contributed by atoms with Gasteiger partial charge in [0.2, 0.25) is 5.91 Å². The van der Waals surface area contributed by atoms with Crippen LogP contribution in [0.5, 0.6) is 0 Å². The van der Waals surface area contributed by atoms with E-state index < -0.39 is 23.1 Å². The van der Waals surface area contributed by atoms with Gasteiger partial charge in [-0.1, -0.05) is 12.1 Å². The highest BCUT2D eigenvalue weighted by Crippen LogP contribution is 2.06. The minimum absolute atomic E-state index is 0.196. The molecule has 0 atom stereocenters. The minimum Gasteiger partial charge on any atom is -0.351 e. The molecule has 2 aromatic rings. The van der Waals surface area contributed by atoms with Gasteiger partial charge >= 0.3 is 6.03 Å². The van der Waals surface area contributed by atoms with E-state index in [2.05, 4.69) is 10.4 Å². The quantitative estimate of drug-likeness (QED) is 0.640. The lowest BCUT2D eigenvalue weighted by molar-refractivity contribution is -0.123.